The summed E-state index contributed by atoms with van der Waals surface area (Å²) in [5.74, 6) is -0.995. The van der Waals surface area contributed by atoms with Crippen LogP contribution in [-0.4, -0.2) is 35.4 Å². The van der Waals surface area contributed by atoms with Crippen molar-refractivity contribution in [2.75, 3.05) is 19.7 Å². The van der Waals surface area contributed by atoms with Gasteiger partial charge < -0.3 is 9.47 Å². The average molecular weight is 496 g/mol. The van der Waals surface area contributed by atoms with Crippen LogP contribution in [0.25, 0.3) is 0 Å². The lowest BCUT2D eigenvalue weighted by Crippen LogP contribution is -2.25. The lowest BCUT2D eigenvalue weighted by Gasteiger charge is -2.22. The van der Waals surface area contributed by atoms with E-state index in [1.165, 1.54) is 0 Å². The number of alkyl halides is 2. The number of carbonyl (C=O) groups excluding carboxylic acids is 2. The maximum Gasteiger partial charge on any atom is 0.338 e. The molecule has 0 aliphatic heterocycles. The molecule has 0 unspecified atom stereocenters. The van der Waals surface area contributed by atoms with E-state index in [1.807, 2.05) is 0 Å². The van der Waals surface area contributed by atoms with Crippen LogP contribution in [0.5, 0.6) is 0 Å². The van der Waals surface area contributed by atoms with Crippen molar-refractivity contribution in [2.24, 2.45) is 10.8 Å². The van der Waals surface area contributed by atoms with E-state index in [1.54, 1.807) is 41.5 Å². The van der Waals surface area contributed by atoms with Gasteiger partial charge in [-0.3, -0.25) is 23.2 Å². The van der Waals surface area contributed by atoms with Gasteiger partial charge in [0.15, 0.2) is 0 Å². The fraction of sp³-hybridized carbons (Fsp3) is 0.857. The summed E-state index contributed by atoms with van der Waals surface area (Å²) in [4.78, 5) is 23.3. The number of rotatable bonds is 8. The van der Waals surface area contributed by atoms with Gasteiger partial charge >= 0.3 is 19.5 Å². The molecule has 0 bridgehead atoms. The Morgan fingerprint density at radius 1 is 0.875 bits per heavy atom. The van der Waals surface area contributed by atoms with Crippen molar-refractivity contribution < 1.29 is 32.7 Å². The van der Waals surface area contributed by atoms with Gasteiger partial charge in [-0.1, -0.05) is 31.9 Å². The molecule has 0 N–H and O–H groups in total. The van der Waals surface area contributed by atoms with E-state index in [4.69, 9.17) is 18.5 Å². The molecule has 0 saturated carbocycles. The molecule has 0 heterocycles. The Morgan fingerprint density at radius 2 is 1.21 bits per heavy atom. The topological polar surface area (TPSA) is 88.1 Å². The van der Waals surface area contributed by atoms with Crippen LogP contribution in [0.4, 0.5) is 0 Å². The Hall–Kier alpha value is 0.0500. The highest BCUT2D eigenvalue weighted by molar-refractivity contribution is 9.24. The monoisotopic (exact) mass is 494 g/mol. The lowest BCUT2D eigenvalue weighted by molar-refractivity contribution is -0.162. The number of halogens is 2. The van der Waals surface area contributed by atoms with Crippen LogP contribution >= 0.6 is 39.5 Å². The molecular formula is C14H25Br2O7P. The van der Waals surface area contributed by atoms with Gasteiger partial charge in [-0.15, -0.1) is 0 Å². The summed E-state index contributed by atoms with van der Waals surface area (Å²) in [6.45, 7) is 9.07. The van der Waals surface area contributed by atoms with Crippen molar-refractivity contribution in [3.05, 3.63) is 0 Å². The predicted molar refractivity (Wildman–Crippen MR) is 97.1 cm³/mol. The number of carbonyl (C=O) groups is 2. The Balaban J connectivity index is 4.60. The van der Waals surface area contributed by atoms with E-state index in [-0.39, 0.29) is 9.90 Å². The molecule has 0 aromatic carbocycles. The van der Waals surface area contributed by atoms with Crippen molar-refractivity contribution in [3.8, 4) is 0 Å². The van der Waals surface area contributed by atoms with Gasteiger partial charge in [-0.2, -0.15) is 0 Å². The first-order valence-corrected chi connectivity index (χ1v) is 10.7. The molecule has 0 aromatic rings. The predicted octanol–water partition coefficient (Wildman–Crippen LogP) is 4.42. The molecular weight excluding hydrogens is 471 g/mol. The second-order valence-electron chi connectivity index (χ2n) is 7.04. The van der Waals surface area contributed by atoms with Gasteiger partial charge in [0.05, 0.1) is 20.7 Å². The fourth-order valence-electron chi connectivity index (χ4n) is 1.07. The maximum absolute atomic E-state index is 12.6. The molecule has 0 fully saturated rings. The van der Waals surface area contributed by atoms with Crippen LogP contribution in [0.3, 0.4) is 0 Å². The van der Waals surface area contributed by atoms with E-state index in [2.05, 4.69) is 31.9 Å². The van der Waals surface area contributed by atoms with Gasteiger partial charge in [-0.25, -0.2) is 0 Å². The highest BCUT2D eigenvalue weighted by Gasteiger charge is 2.31. The summed E-state index contributed by atoms with van der Waals surface area (Å²) in [6.07, 6.45) is -0.0485. The van der Waals surface area contributed by atoms with Gasteiger partial charge in [0.1, 0.15) is 0 Å². The largest absolute Gasteiger partial charge is 0.438 e. The van der Waals surface area contributed by atoms with Crippen molar-refractivity contribution in [3.63, 3.8) is 0 Å². The van der Waals surface area contributed by atoms with Gasteiger partial charge in [0.25, 0.3) is 0 Å². The molecule has 0 atom stereocenters. The summed E-state index contributed by atoms with van der Waals surface area (Å²) in [5, 5.41) is 0. The van der Waals surface area contributed by atoms with Crippen molar-refractivity contribution in [1.82, 2.24) is 0 Å². The van der Waals surface area contributed by atoms with Crippen LogP contribution in [0.1, 0.15) is 41.5 Å². The van der Waals surface area contributed by atoms with E-state index in [0.29, 0.717) is 0 Å². The van der Waals surface area contributed by atoms with Gasteiger partial charge in [0, 0.05) is 0 Å². The van der Waals surface area contributed by atoms with Gasteiger partial charge in [0.2, 0.25) is 13.6 Å². The molecule has 7 nitrogen and oxygen atoms in total. The first-order valence-electron chi connectivity index (χ1n) is 7.18. The third-order valence-electron chi connectivity index (χ3n) is 2.47. The Labute approximate surface area is 159 Å². The molecule has 0 radical (unpaired) electrons. The van der Waals surface area contributed by atoms with Crippen LogP contribution in [-0.2, 0) is 32.7 Å². The zero-order chi connectivity index (χ0) is 19.2. The first kappa shape index (κ1) is 24.1. The highest BCUT2D eigenvalue weighted by atomic mass is 79.9. The minimum Gasteiger partial charge on any atom is -0.438 e. The first-order chi connectivity index (χ1) is 10.7. The summed E-state index contributed by atoms with van der Waals surface area (Å²) in [7, 11) is -3.64. The number of esters is 2. The zero-order valence-corrected chi connectivity index (χ0v) is 18.8. The average Bonchev–Trinajstić information content (AvgIpc) is 2.35. The minimum atomic E-state index is -3.64. The standard InChI is InChI=1S/C14H25Br2O7P/c1-13(2,3)11(17)20-8-22-24(19,7-10(15)16)23-9-21-12(18)14(4,5)6/h10H,7-9H2,1-6H3. The van der Waals surface area contributed by atoms with E-state index < -0.39 is 44.0 Å². The molecule has 142 valence electrons. The van der Waals surface area contributed by atoms with Crippen molar-refractivity contribution >= 4 is 51.4 Å². The minimum absolute atomic E-state index is 0.0485. The molecule has 24 heavy (non-hydrogen) atoms. The second kappa shape index (κ2) is 9.67. The molecule has 10 heteroatoms. The van der Waals surface area contributed by atoms with E-state index >= 15 is 0 Å². The van der Waals surface area contributed by atoms with E-state index in [9.17, 15) is 14.2 Å². The summed E-state index contributed by atoms with van der Waals surface area (Å²) >= 11 is 6.37. The Kier molecular flexibility index (Phi) is 9.69. The van der Waals surface area contributed by atoms with Crippen molar-refractivity contribution in [1.29, 1.82) is 0 Å². The van der Waals surface area contributed by atoms with E-state index in [0.717, 1.165) is 0 Å². The van der Waals surface area contributed by atoms with Crippen LogP contribution < -0.4 is 0 Å². The summed E-state index contributed by atoms with van der Waals surface area (Å²) in [5.41, 5.74) is -1.41. The fourth-order valence-corrected chi connectivity index (χ4v) is 4.24. The zero-order valence-electron chi connectivity index (χ0n) is 14.8. The molecule has 0 aliphatic carbocycles. The van der Waals surface area contributed by atoms with Crippen LogP contribution in [0.15, 0.2) is 0 Å². The third kappa shape index (κ3) is 10.1. The summed E-state index contributed by atoms with van der Waals surface area (Å²) < 4.78 is 32.3. The molecule has 0 aromatic heterocycles. The van der Waals surface area contributed by atoms with Gasteiger partial charge in [-0.05, 0) is 41.5 Å². The Morgan fingerprint density at radius 3 is 1.46 bits per heavy atom. The highest BCUT2D eigenvalue weighted by Crippen LogP contribution is 2.50. The smallest absolute Gasteiger partial charge is 0.338 e. The Bertz CT molecular complexity index is 444. The molecule has 0 amide bonds. The van der Waals surface area contributed by atoms with Crippen molar-refractivity contribution in [2.45, 2.75) is 45.3 Å². The summed E-state index contributed by atoms with van der Waals surface area (Å²) in [6, 6.07) is 0. The quantitative estimate of drug-likeness (QED) is 0.213. The van der Waals surface area contributed by atoms with Crippen LogP contribution in [0, 0.1) is 10.8 Å². The van der Waals surface area contributed by atoms with Crippen LogP contribution in [0.2, 0.25) is 0 Å². The normalized spacial score (nSPS) is 13.0. The number of hydrogen-bond acceptors (Lipinski definition) is 7. The number of hydrogen-bond donors (Lipinski definition) is 0. The molecule has 0 saturated heterocycles. The molecule has 0 rings (SSSR count). The molecule has 0 spiro atoms. The lowest BCUT2D eigenvalue weighted by atomic mass is 9.98. The second-order valence-corrected chi connectivity index (χ2v) is 12.6. The molecule has 0 aliphatic rings. The maximum atomic E-state index is 12.6. The SMILES string of the molecule is CC(C)(C)C(=O)OCOP(=O)(CC(Br)Br)OCOC(=O)C(C)(C)C. The number of ether oxygens (including phenoxy) is 2. The third-order valence-corrected chi connectivity index (χ3v) is 5.92.